The molecule has 0 aromatic carbocycles. The molecule has 0 saturated carbocycles. The van der Waals surface area contributed by atoms with Crippen molar-refractivity contribution < 1.29 is 14.3 Å². The lowest BCUT2D eigenvalue weighted by Gasteiger charge is -2.30. The van der Waals surface area contributed by atoms with Gasteiger partial charge in [0.15, 0.2) is 5.78 Å². The van der Waals surface area contributed by atoms with Gasteiger partial charge in [-0.2, -0.15) is 0 Å². The van der Waals surface area contributed by atoms with Gasteiger partial charge in [0.25, 0.3) is 5.79 Å². The van der Waals surface area contributed by atoms with E-state index in [1.807, 2.05) is 32.9 Å². The van der Waals surface area contributed by atoms with E-state index in [4.69, 9.17) is 9.47 Å². The fourth-order valence-electron chi connectivity index (χ4n) is 1.78. The number of carbonyl (C=O) groups excluding carboxylic acids is 1. The van der Waals surface area contributed by atoms with E-state index >= 15 is 0 Å². The first-order valence-electron chi connectivity index (χ1n) is 5.34. The van der Waals surface area contributed by atoms with Crippen LogP contribution in [0.1, 0.15) is 27.7 Å². The van der Waals surface area contributed by atoms with Crippen LogP contribution in [0.25, 0.3) is 0 Å². The molecule has 0 aromatic rings. The molecular weight excluding hydrogens is 204 g/mol. The lowest BCUT2D eigenvalue weighted by molar-refractivity contribution is -0.148. The number of rotatable bonds is 0. The first kappa shape index (κ1) is 11.0. The van der Waals surface area contributed by atoms with Gasteiger partial charge in [-0.15, -0.1) is 0 Å². The molecule has 0 spiro atoms. The number of carbonyl (C=O) groups is 1. The number of ketones is 1. The molecule has 1 unspecified atom stereocenters. The second-order valence-electron chi connectivity index (χ2n) is 4.85. The third-order valence-corrected chi connectivity index (χ3v) is 2.92. The van der Waals surface area contributed by atoms with E-state index in [0.717, 1.165) is 5.76 Å². The van der Waals surface area contributed by atoms with E-state index in [1.165, 1.54) is 0 Å². The van der Waals surface area contributed by atoms with Gasteiger partial charge >= 0.3 is 0 Å². The Morgan fingerprint density at radius 3 is 2.50 bits per heavy atom. The molecule has 1 atom stereocenters. The largest absolute Gasteiger partial charge is 0.454 e. The Morgan fingerprint density at radius 1 is 1.12 bits per heavy atom. The summed E-state index contributed by atoms with van der Waals surface area (Å²) in [5.74, 6) is 0.556. The number of hydrogen-bond acceptors (Lipinski definition) is 3. The standard InChI is InChI=1S/C13H16O3/c1-9-5-6-11-12(2,3)10(14)7-8-13(4,15-9)16-11/h5-8H,1-4H3. The van der Waals surface area contributed by atoms with Crippen molar-refractivity contribution in [3.63, 3.8) is 0 Å². The van der Waals surface area contributed by atoms with Gasteiger partial charge in [-0.25, -0.2) is 0 Å². The quantitative estimate of drug-likeness (QED) is 0.629. The Morgan fingerprint density at radius 2 is 1.81 bits per heavy atom. The van der Waals surface area contributed by atoms with Crippen molar-refractivity contribution in [3.8, 4) is 0 Å². The van der Waals surface area contributed by atoms with Crippen LogP contribution in [0.4, 0.5) is 0 Å². The molecular formula is C13H16O3. The van der Waals surface area contributed by atoms with E-state index in [9.17, 15) is 4.79 Å². The van der Waals surface area contributed by atoms with Gasteiger partial charge in [0.05, 0.1) is 11.2 Å². The number of allylic oxidation sites excluding steroid dienone is 5. The lowest BCUT2D eigenvalue weighted by Crippen LogP contribution is -2.31. The topological polar surface area (TPSA) is 35.5 Å². The van der Waals surface area contributed by atoms with Crippen LogP contribution in [-0.4, -0.2) is 11.6 Å². The van der Waals surface area contributed by atoms with Crippen molar-refractivity contribution in [1.82, 2.24) is 0 Å². The van der Waals surface area contributed by atoms with E-state index in [0.29, 0.717) is 5.76 Å². The molecule has 0 saturated heterocycles. The molecule has 2 bridgehead atoms. The fourth-order valence-corrected chi connectivity index (χ4v) is 1.78. The highest BCUT2D eigenvalue weighted by atomic mass is 16.7. The van der Waals surface area contributed by atoms with E-state index < -0.39 is 11.2 Å². The predicted molar refractivity (Wildman–Crippen MR) is 60.3 cm³/mol. The van der Waals surface area contributed by atoms with Crippen LogP contribution in [0.5, 0.6) is 0 Å². The average molecular weight is 220 g/mol. The molecule has 0 amide bonds. The molecule has 2 heterocycles. The van der Waals surface area contributed by atoms with Crippen molar-refractivity contribution in [2.75, 3.05) is 0 Å². The maximum Gasteiger partial charge on any atom is 0.267 e. The molecule has 3 heteroatoms. The molecule has 16 heavy (non-hydrogen) atoms. The molecule has 0 aliphatic carbocycles. The molecule has 0 radical (unpaired) electrons. The van der Waals surface area contributed by atoms with Gasteiger partial charge in [0, 0.05) is 13.0 Å². The Hall–Kier alpha value is -1.51. The minimum Gasteiger partial charge on any atom is -0.454 e. The third kappa shape index (κ3) is 1.66. The SMILES string of the molecule is CC1=CC=C2OC(C)(C=CC(=O)C2(C)C)O1. The molecule has 2 aliphatic rings. The summed E-state index contributed by atoms with van der Waals surface area (Å²) in [6.45, 7) is 7.37. The van der Waals surface area contributed by atoms with Gasteiger partial charge in [0.1, 0.15) is 5.76 Å². The Balaban J connectivity index is 2.56. The van der Waals surface area contributed by atoms with Gasteiger partial charge in [-0.3, -0.25) is 4.79 Å². The maximum atomic E-state index is 11.9. The van der Waals surface area contributed by atoms with Crippen LogP contribution in [-0.2, 0) is 14.3 Å². The minimum atomic E-state index is -0.883. The van der Waals surface area contributed by atoms with Crippen molar-refractivity contribution >= 4 is 5.78 Å². The van der Waals surface area contributed by atoms with Crippen LogP contribution in [0, 0.1) is 5.41 Å². The summed E-state index contributed by atoms with van der Waals surface area (Å²) in [5, 5.41) is 0. The summed E-state index contributed by atoms with van der Waals surface area (Å²) in [4.78, 5) is 11.9. The highest BCUT2D eigenvalue weighted by Gasteiger charge is 2.41. The summed E-state index contributed by atoms with van der Waals surface area (Å²) < 4.78 is 11.4. The summed E-state index contributed by atoms with van der Waals surface area (Å²) in [6.07, 6.45) is 6.85. The zero-order valence-electron chi connectivity index (χ0n) is 10.0. The Bertz CT molecular complexity index is 426. The van der Waals surface area contributed by atoms with Crippen LogP contribution in [0.3, 0.4) is 0 Å². The number of fused-ring (bicyclic) bond motifs is 2. The summed E-state index contributed by atoms with van der Waals surface area (Å²) >= 11 is 0. The molecule has 2 rings (SSSR count). The molecule has 0 aromatic heterocycles. The van der Waals surface area contributed by atoms with E-state index in [2.05, 4.69) is 0 Å². The maximum absolute atomic E-state index is 11.9. The summed E-state index contributed by atoms with van der Waals surface area (Å²) in [6, 6.07) is 0. The van der Waals surface area contributed by atoms with Crippen molar-refractivity contribution in [2.24, 2.45) is 5.41 Å². The summed E-state index contributed by atoms with van der Waals surface area (Å²) in [5.41, 5.74) is -0.640. The van der Waals surface area contributed by atoms with Crippen molar-refractivity contribution in [1.29, 1.82) is 0 Å². The average Bonchev–Trinajstić information content (AvgIpc) is 2.38. The fraction of sp³-hybridized carbons (Fsp3) is 0.462. The Labute approximate surface area is 95.4 Å². The first-order chi connectivity index (χ1) is 7.33. The predicted octanol–water partition coefficient (Wildman–Crippen LogP) is 2.70. The van der Waals surface area contributed by atoms with Crippen LogP contribution in [0.15, 0.2) is 35.8 Å². The lowest BCUT2D eigenvalue weighted by atomic mass is 9.85. The van der Waals surface area contributed by atoms with Gasteiger partial charge < -0.3 is 9.47 Å². The second-order valence-corrected chi connectivity index (χ2v) is 4.85. The van der Waals surface area contributed by atoms with Crippen molar-refractivity contribution in [3.05, 3.63) is 35.8 Å². The first-order valence-corrected chi connectivity index (χ1v) is 5.34. The van der Waals surface area contributed by atoms with Crippen LogP contribution in [0.2, 0.25) is 0 Å². The number of ether oxygens (including phenoxy) is 2. The zero-order chi connectivity index (χ0) is 12.0. The second kappa shape index (κ2) is 3.24. The third-order valence-electron chi connectivity index (χ3n) is 2.92. The number of hydrogen-bond donors (Lipinski definition) is 0. The van der Waals surface area contributed by atoms with E-state index in [-0.39, 0.29) is 5.78 Å². The van der Waals surface area contributed by atoms with Crippen LogP contribution < -0.4 is 0 Å². The zero-order valence-corrected chi connectivity index (χ0v) is 10.0. The van der Waals surface area contributed by atoms with E-state index in [1.54, 1.807) is 19.1 Å². The van der Waals surface area contributed by atoms with Gasteiger partial charge in [-0.1, -0.05) is 0 Å². The molecule has 0 N–H and O–H groups in total. The normalized spacial score (nSPS) is 31.6. The molecule has 3 nitrogen and oxygen atoms in total. The van der Waals surface area contributed by atoms with Crippen molar-refractivity contribution in [2.45, 2.75) is 33.5 Å². The van der Waals surface area contributed by atoms with Gasteiger partial charge in [0.2, 0.25) is 0 Å². The summed E-state index contributed by atoms with van der Waals surface area (Å²) in [7, 11) is 0. The minimum absolute atomic E-state index is 0.0269. The highest BCUT2D eigenvalue weighted by molar-refractivity contribution is 5.96. The smallest absolute Gasteiger partial charge is 0.267 e. The molecule has 2 aliphatic heterocycles. The van der Waals surface area contributed by atoms with Crippen LogP contribution >= 0.6 is 0 Å². The highest BCUT2D eigenvalue weighted by Crippen LogP contribution is 2.38. The molecule has 0 fully saturated rings. The monoisotopic (exact) mass is 220 g/mol. The Kier molecular flexibility index (Phi) is 2.22. The van der Waals surface area contributed by atoms with Gasteiger partial charge in [-0.05, 0) is 39.0 Å². The molecule has 86 valence electrons.